The van der Waals surface area contributed by atoms with Gasteiger partial charge in [0.1, 0.15) is 0 Å². The predicted molar refractivity (Wildman–Crippen MR) is 64.2 cm³/mol. The lowest BCUT2D eigenvalue weighted by molar-refractivity contribution is -0.00536. The molecule has 1 fully saturated rings. The van der Waals surface area contributed by atoms with Gasteiger partial charge < -0.3 is 15.0 Å². The van der Waals surface area contributed by atoms with E-state index in [-0.39, 0.29) is 5.60 Å². The molecule has 3 heteroatoms. The zero-order valence-electron chi connectivity index (χ0n) is 10.5. The van der Waals surface area contributed by atoms with Gasteiger partial charge in [0.25, 0.3) is 0 Å². The summed E-state index contributed by atoms with van der Waals surface area (Å²) in [6.45, 7) is 13.2. The first-order valence-corrected chi connectivity index (χ1v) is 6.15. The summed E-state index contributed by atoms with van der Waals surface area (Å²) < 4.78 is 5.69. The zero-order valence-corrected chi connectivity index (χ0v) is 10.5. The van der Waals surface area contributed by atoms with Gasteiger partial charge >= 0.3 is 0 Å². The number of hydrogen-bond donors (Lipinski definition) is 1. The fourth-order valence-corrected chi connectivity index (χ4v) is 1.75. The van der Waals surface area contributed by atoms with Crippen molar-refractivity contribution in [3.63, 3.8) is 0 Å². The molecule has 1 aliphatic heterocycles. The van der Waals surface area contributed by atoms with Gasteiger partial charge in [0.2, 0.25) is 0 Å². The molecule has 1 saturated heterocycles. The third-order valence-corrected chi connectivity index (χ3v) is 2.61. The van der Waals surface area contributed by atoms with Crippen molar-refractivity contribution < 1.29 is 4.74 Å². The summed E-state index contributed by atoms with van der Waals surface area (Å²) in [5.41, 5.74) is 0.0229. The fraction of sp³-hybridized carbons (Fsp3) is 1.00. The zero-order chi connectivity index (χ0) is 11.1. The van der Waals surface area contributed by atoms with Crippen molar-refractivity contribution in [1.82, 2.24) is 10.2 Å². The average Bonchev–Trinajstić information content (AvgIpc) is 2.17. The lowest BCUT2D eigenvalue weighted by Gasteiger charge is -2.27. The molecule has 0 bridgehead atoms. The molecule has 3 nitrogen and oxygen atoms in total. The average molecular weight is 214 g/mol. The molecule has 0 spiro atoms. The van der Waals surface area contributed by atoms with Gasteiger partial charge in [-0.05, 0) is 40.2 Å². The largest absolute Gasteiger partial charge is 0.376 e. The molecule has 1 aliphatic rings. The Kier molecular flexibility index (Phi) is 5.58. The third kappa shape index (κ3) is 6.88. The summed E-state index contributed by atoms with van der Waals surface area (Å²) in [6, 6.07) is 0. The van der Waals surface area contributed by atoms with Crippen molar-refractivity contribution in [2.24, 2.45) is 0 Å². The van der Waals surface area contributed by atoms with Gasteiger partial charge in [0.15, 0.2) is 0 Å². The van der Waals surface area contributed by atoms with Crippen LogP contribution in [0.4, 0.5) is 0 Å². The van der Waals surface area contributed by atoms with Crippen molar-refractivity contribution >= 4 is 0 Å². The van der Waals surface area contributed by atoms with Crippen molar-refractivity contribution in [3.05, 3.63) is 0 Å². The Morgan fingerprint density at radius 3 is 2.40 bits per heavy atom. The van der Waals surface area contributed by atoms with Crippen LogP contribution in [-0.2, 0) is 4.74 Å². The van der Waals surface area contributed by atoms with Gasteiger partial charge in [-0.2, -0.15) is 0 Å². The number of piperazine rings is 1. The van der Waals surface area contributed by atoms with E-state index in [9.17, 15) is 0 Å². The number of ether oxygens (including phenoxy) is 1. The maximum atomic E-state index is 5.69. The topological polar surface area (TPSA) is 24.5 Å². The van der Waals surface area contributed by atoms with Crippen LogP contribution in [0.25, 0.3) is 0 Å². The predicted octanol–water partition coefficient (Wildman–Crippen LogP) is 1.49. The lowest BCUT2D eigenvalue weighted by atomic mass is 10.2. The SMILES string of the molecule is CC(C)(C)OCCCCN1CCNCC1. The van der Waals surface area contributed by atoms with E-state index < -0.39 is 0 Å². The van der Waals surface area contributed by atoms with Crippen LogP contribution >= 0.6 is 0 Å². The minimum absolute atomic E-state index is 0.0229. The molecule has 0 saturated carbocycles. The van der Waals surface area contributed by atoms with Gasteiger partial charge in [-0.15, -0.1) is 0 Å². The second kappa shape index (κ2) is 6.46. The summed E-state index contributed by atoms with van der Waals surface area (Å²) in [5.74, 6) is 0. The first-order chi connectivity index (χ1) is 7.08. The normalized spacial score (nSPS) is 19.4. The van der Waals surface area contributed by atoms with E-state index in [1.807, 2.05) is 0 Å². The van der Waals surface area contributed by atoms with E-state index in [0.717, 1.165) is 19.7 Å². The third-order valence-electron chi connectivity index (χ3n) is 2.61. The van der Waals surface area contributed by atoms with Gasteiger partial charge in [-0.1, -0.05) is 0 Å². The molecule has 0 aromatic heterocycles. The van der Waals surface area contributed by atoms with E-state index >= 15 is 0 Å². The number of rotatable bonds is 5. The van der Waals surface area contributed by atoms with E-state index in [2.05, 4.69) is 31.0 Å². The second-order valence-electron chi connectivity index (χ2n) is 5.26. The Labute approximate surface area is 94.2 Å². The highest BCUT2D eigenvalue weighted by Crippen LogP contribution is 2.08. The molecule has 0 radical (unpaired) electrons. The van der Waals surface area contributed by atoms with Gasteiger partial charge in [0.05, 0.1) is 5.60 Å². The first-order valence-electron chi connectivity index (χ1n) is 6.15. The van der Waals surface area contributed by atoms with E-state index in [1.54, 1.807) is 0 Å². The second-order valence-corrected chi connectivity index (χ2v) is 5.26. The van der Waals surface area contributed by atoms with E-state index in [1.165, 1.54) is 32.5 Å². The summed E-state index contributed by atoms with van der Waals surface area (Å²) in [5, 5.41) is 3.37. The number of nitrogens with one attached hydrogen (secondary N) is 1. The van der Waals surface area contributed by atoms with Crippen LogP contribution in [0.3, 0.4) is 0 Å². The molecule has 1 rings (SSSR count). The van der Waals surface area contributed by atoms with Crippen LogP contribution in [0.1, 0.15) is 33.6 Å². The van der Waals surface area contributed by atoms with Crippen molar-refractivity contribution in [1.29, 1.82) is 0 Å². The number of hydrogen-bond acceptors (Lipinski definition) is 3. The molecular weight excluding hydrogens is 188 g/mol. The Bertz CT molecular complexity index is 159. The summed E-state index contributed by atoms with van der Waals surface area (Å²) >= 11 is 0. The van der Waals surface area contributed by atoms with Crippen LogP contribution in [0.2, 0.25) is 0 Å². The summed E-state index contributed by atoms with van der Waals surface area (Å²) in [4.78, 5) is 2.54. The quantitative estimate of drug-likeness (QED) is 0.702. The summed E-state index contributed by atoms with van der Waals surface area (Å²) in [7, 11) is 0. The molecule has 0 atom stereocenters. The highest BCUT2D eigenvalue weighted by atomic mass is 16.5. The van der Waals surface area contributed by atoms with Gasteiger partial charge in [-0.25, -0.2) is 0 Å². The highest BCUT2D eigenvalue weighted by molar-refractivity contribution is 4.67. The molecule has 0 aromatic carbocycles. The number of nitrogens with zero attached hydrogens (tertiary/aromatic N) is 1. The lowest BCUT2D eigenvalue weighted by Crippen LogP contribution is -2.43. The minimum atomic E-state index is 0.0229. The summed E-state index contributed by atoms with van der Waals surface area (Å²) in [6.07, 6.45) is 2.44. The molecule has 90 valence electrons. The molecule has 1 N–H and O–H groups in total. The standard InChI is InChI=1S/C12H26N2O/c1-12(2,3)15-11-5-4-8-14-9-6-13-7-10-14/h13H,4-11H2,1-3H3. The van der Waals surface area contributed by atoms with Crippen molar-refractivity contribution in [2.75, 3.05) is 39.3 Å². The smallest absolute Gasteiger partial charge is 0.0598 e. The number of unbranched alkanes of at least 4 members (excludes halogenated alkanes) is 1. The molecule has 15 heavy (non-hydrogen) atoms. The first kappa shape index (κ1) is 12.9. The van der Waals surface area contributed by atoms with Crippen LogP contribution in [0.15, 0.2) is 0 Å². The van der Waals surface area contributed by atoms with E-state index in [0.29, 0.717) is 0 Å². The Morgan fingerprint density at radius 1 is 1.13 bits per heavy atom. The molecule has 0 amide bonds. The Hall–Kier alpha value is -0.120. The minimum Gasteiger partial charge on any atom is -0.376 e. The Morgan fingerprint density at radius 2 is 1.80 bits per heavy atom. The van der Waals surface area contributed by atoms with Crippen molar-refractivity contribution in [2.45, 2.75) is 39.2 Å². The van der Waals surface area contributed by atoms with Gasteiger partial charge in [0, 0.05) is 32.8 Å². The molecular formula is C12H26N2O. The fourth-order valence-electron chi connectivity index (χ4n) is 1.75. The van der Waals surface area contributed by atoms with Crippen LogP contribution in [0.5, 0.6) is 0 Å². The van der Waals surface area contributed by atoms with Crippen LogP contribution in [0, 0.1) is 0 Å². The molecule has 1 heterocycles. The maximum Gasteiger partial charge on any atom is 0.0598 e. The Balaban J connectivity index is 1.92. The van der Waals surface area contributed by atoms with Gasteiger partial charge in [-0.3, -0.25) is 0 Å². The monoisotopic (exact) mass is 214 g/mol. The van der Waals surface area contributed by atoms with Crippen LogP contribution < -0.4 is 5.32 Å². The maximum absolute atomic E-state index is 5.69. The molecule has 0 aliphatic carbocycles. The highest BCUT2D eigenvalue weighted by Gasteiger charge is 2.10. The molecule has 0 unspecified atom stereocenters. The van der Waals surface area contributed by atoms with Crippen molar-refractivity contribution in [3.8, 4) is 0 Å². The van der Waals surface area contributed by atoms with E-state index in [4.69, 9.17) is 4.74 Å². The molecule has 0 aromatic rings. The van der Waals surface area contributed by atoms with Crippen LogP contribution in [-0.4, -0.2) is 49.8 Å².